The van der Waals surface area contributed by atoms with E-state index < -0.39 is 5.97 Å². The number of aliphatic carboxylic acids is 1. The van der Waals surface area contributed by atoms with Crippen LogP contribution in [0.15, 0.2) is 18.5 Å². The number of aromatic nitrogens is 6. The van der Waals surface area contributed by atoms with Crippen molar-refractivity contribution >= 4 is 5.97 Å². The third kappa shape index (κ3) is 2.97. The van der Waals surface area contributed by atoms with Crippen LogP contribution < -0.4 is 0 Å². The zero-order valence-electron chi connectivity index (χ0n) is 8.69. The van der Waals surface area contributed by atoms with Crippen molar-refractivity contribution < 1.29 is 9.90 Å². The van der Waals surface area contributed by atoms with Crippen molar-refractivity contribution in [2.75, 3.05) is 0 Å². The van der Waals surface area contributed by atoms with Crippen LogP contribution in [0.4, 0.5) is 0 Å². The van der Waals surface area contributed by atoms with Crippen molar-refractivity contribution in [2.45, 2.75) is 12.8 Å². The van der Waals surface area contributed by atoms with Gasteiger partial charge in [-0.3, -0.25) is 4.79 Å². The minimum Gasteiger partial charge on any atom is -0.481 e. The lowest BCUT2D eigenvalue weighted by Gasteiger charge is -1.97. The quantitative estimate of drug-likeness (QED) is 0.766. The molecule has 0 aromatic carbocycles. The van der Waals surface area contributed by atoms with E-state index in [-0.39, 0.29) is 24.5 Å². The first-order chi connectivity index (χ1) is 8.25. The molecule has 8 heteroatoms. The van der Waals surface area contributed by atoms with Crippen molar-refractivity contribution in [3.8, 4) is 11.6 Å². The van der Waals surface area contributed by atoms with E-state index in [0.717, 1.165) is 0 Å². The van der Waals surface area contributed by atoms with Crippen LogP contribution in [0.3, 0.4) is 0 Å². The predicted molar refractivity (Wildman–Crippen MR) is 54.6 cm³/mol. The lowest BCUT2D eigenvalue weighted by atomic mass is 10.3. The molecular formula is C9H8N6O2. The summed E-state index contributed by atoms with van der Waals surface area (Å²) in [4.78, 5) is 18.2. The molecule has 8 nitrogen and oxygen atoms in total. The van der Waals surface area contributed by atoms with E-state index in [2.05, 4.69) is 30.4 Å². The lowest BCUT2D eigenvalue weighted by Crippen LogP contribution is -2.06. The fourth-order valence-electron chi connectivity index (χ4n) is 1.07. The Morgan fingerprint density at radius 2 is 1.71 bits per heavy atom. The maximum atomic E-state index is 10.3. The maximum Gasteiger partial charge on any atom is 0.303 e. The summed E-state index contributed by atoms with van der Waals surface area (Å²) in [6.07, 6.45) is 3.27. The molecule has 0 spiro atoms. The first-order valence-electron chi connectivity index (χ1n) is 4.81. The van der Waals surface area contributed by atoms with Gasteiger partial charge < -0.3 is 5.11 Å². The third-order valence-electron chi connectivity index (χ3n) is 1.85. The summed E-state index contributed by atoms with van der Waals surface area (Å²) in [5, 5.41) is 23.6. The number of carbonyl (C=O) groups is 1. The Morgan fingerprint density at radius 1 is 1.06 bits per heavy atom. The van der Waals surface area contributed by atoms with Gasteiger partial charge in [-0.05, 0) is 6.07 Å². The van der Waals surface area contributed by atoms with Crippen LogP contribution in [-0.2, 0) is 11.2 Å². The van der Waals surface area contributed by atoms with Crippen molar-refractivity contribution in [3.63, 3.8) is 0 Å². The molecule has 0 aliphatic carbocycles. The van der Waals surface area contributed by atoms with Gasteiger partial charge in [-0.2, -0.15) is 0 Å². The number of aryl methyl sites for hydroxylation is 1. The fourth-order valence-corrected chi connectivity index (χ4v) is 1.07. The molecule has 0 radical (unpaired) electrons. The Labute approximate surface area is 95.8 Å². The van der Waals surface area contributed by atoms with Crippen molar-refractivity contribution in [1.29, 1.82) is 0 Å². The van der Waals surface area contributed by atoms with Crippen molar-refractivity contribution in [3.05, 3.63) is 24.3 Å². The van der Waals surface area contributed by atoms with Crippen LogP contribution in [0, 0.1) is 0 Å². The molecule has 86 valence electrons. The molecule has 1 N–H and O–H groups in total. The van der Waals surface area contributed by atoms with E-state index in [9.17, 15) is 4.79 Å². The fraction of sp³-hybridized carbons (Fsp3) is 0.222. The maximum absolute atomic E-state index is 10.3. The summed E-state index contributed by atoms with van der Waals surface area (Å²) in [5.74, 6) is -0.0851. The molecule has 0 atom stereocenters. The second kappa shape index (κ2) is 5.01. The summed E-state index contributed by atoms with van der Waals surface area (Å²) in [7, 11) is 0. The highest BCUT2D eigenvalue weighted by molar-refractivity contribution is 5.66. The standard InChI is InChI=1S/C9H8N6O2/c16-7(17)3-2-6-12-14-9(15-13-6)8-10-4-1-5-11-8/h1,4-5H,2-3H2,(H,16,17). The van der Waals surface area contributed by atoms with Gasteiger partial charge in [0.1, 0.15) is 0 Å². The van der Waals surface area contributed by atoms with E-state index in [1.165, 1.54) is 0 Å². The SMILES string of the molecule is O=C(O)CCc1nnc(-c2ncccn2)nn1. The second-order valence-electron chi connectivity index (χ2n) is 3.11. The van der Waals surface area contributed by atoms with Crippen LogP contribution in [0.2, 0.25) is 0 Å². The molecule has 2 aromatic rings. The molecule has 2 rings (SSSR count). The molecule has 17 heavy (non-hydrogen) atoms. The van der Waals surface area contributed by atoms with Gasteiger partial charge in [0.15, 0.2) is 5.82 Å². The Morgan fingerprint density at radius 3 is 2.29 bits per heavy atom. The van der Waals surface area contributed by atoms with E-state index >= 15 is 0 Å². The van der Waals surface area contributed by atoms with Crippen LogP contribution >= 0.6 is 0 Å². The molecule has 0 amide bonds. The topological polar surface area (TPSA) is 115 Å². The summed E-state index contributed by atoms with van der Waals surface area (Å²) in [6.45, 7) is 0. The number of carboxylic acids is 1. The molecule has 0 saturated carbocycles. The zero-order chi connectivity index (χ0) is 12.1. The highest BCUT2D eigenvalue weighted by Gasteiger charge is 2.07. The number of hydrogen-bond acceptors (Lipinski definition) is 7. The molecular weight excluding hydrogens is 224 g/mol. The molecule has 0 aliphatic rings. The van der Waals surface area contributed by atoms with E-state index in [1.807, 2.05) is 0 Å². The third-order valence-corrected chi connectivity index (χ3v) is 1.85. The summed E-state index contributed by atoms with van der Waals surface area (Å²) in [5.41, 5.74) is 0. The Balaban J connectivity index is 2.11. The molecule has 0 fully saturated rings. The second-order valence-corrected chi connectivity index (χ2v) is 3.11. The van der Waals surface area contributed by atoms with Crippen molar-refractivity contribution in [1.82, 2.24) is 30.4 Å². The minimum absolute atomic E-state index is 0.0510. The average molecular weight is 232 g/mol. The molecule has 2 heterocycles. The Bertz CT molecular complexity index is 501. The monoisotopic (exact) mass is 232 g/mol. The summed E-state index contributed by atoms with van der Waals surface area (Å²) < 4.78 is 0. The van der Waals surface area contributed by atoms with Gasteiger partial charge in [0, 0.05) is 18.8 Å². The summed E-state index contributed by atoms with van der Waals surface area (Å²) >= 11 is 0. The van der Waals surface area contributed by atoms with Gasteiger partial charge in [-0.25, -0.2) is 9.97 Å². The van der Waals surface area contributed by atoms with Crippen LogP contribution in [0.1, 0.15) is 12.2 Å². The first kappa shape index (κ1) is 11.0. The first-order valence-corrected chi connectivity index (χ1v) is 4.81. The summed E-state index contributed by atoms with van der Waals surface area (Å²) in [6, 6.07) is 1.67. The van der Waals surface area contributed by atoms with Gasteiger partial charge in [-0.15, -0.1) is 20.4 Å². The average Bonchev–Trinajstić information content (AvgIpc) is 2.38. The molecule has 0 bridgehead atoms. The molecule has 2 aromatic heterocycles. The van der Waals surface area contributed by atoms with E-state index in [0.29, 0.717) is 5.82 Å². The molecule has 0 unspecified atom stereocenters. The molecule has 0 saturated heterocycles. The normalized spacial score (nSPS) is 10.1. The minimum atomic E-state index is -0.913. The van der Waals surface area contributed by atoms with Crippen LogP contribution in [0.25, 0.3) is 11.6 Å². The number of hydrogen-bond donors (Lipinski definition) is 1. The number of carboxylic acid groups (broad SMARTS) is 1. The van der Waals surface area contributed by atoms with Gasteiger partial charge in [0.05, 0.1) is 6.42 Å². The van der Waals surface area contributed by atoms with Gasteiger partial charge in [0.25, 0.3) is 0 Å². The highest BCUT2D eigenvalue weighted by atomic mass is 16.4. The van der Waals surface area contributed by atoms with E-state index in [1.54, 1.807) is 18.5 Å². The lowest BCUT2D eigenvalue weighted by molar-refractivity contribution is -0.137. The Hall–Kier alpha value is -2.51. The number of rotatable bonds is 4. The van der Waals surface area contributed by atoms with Crippen molar-refractivity contribution in [2.24, 2.45) is 0 Å². The molecule has 0 aliphatic heterocycles. The smallest absolute Gasteiger partial charge is 0.303 e. The predicted octanol–water partition coefficient (Wildman–Crippen LogP) is -0.259. The number of nitrogens with zero attached hydrogens (tertiary/aromatic N) is 6. The van der Waals surface area contributed by atoms with Gasteiger partial charge in [0.2, 0.25) is 11.6 Å². The Kier molecular flexibility index (Phi) is 3.24. The van der Waals surface area contributed by atoms with Gasteiger partial charge >= 0.3 is 5.97 Å². The van der Waals surface area contributed by atoms with E-state index in [4.69, 9.17) is 5.11 Å². The van der Waals surface area contributed by atoms with Gasteiger partial charge in [-0.1, -0.05) is 0 Å². The largest absolute Gasteiger partial charge is 0.481 e. The zero-order valence-corrected chi connectivity index (χ0v) is 8.69. The van der Waals surface area contributed by atoms with Crippen LogP contribution in [-0.4, -0.2) is 41.4 Å². The van der Waals surface area contributed by atoms with Crippen LogP contribution in [0.5, 0.6) is 0 Å². The highest BCUT2D eigenvalue weighted by Crippen LogP contribution is 2.03.